The average Bonchev–Trinajstić information content (AvgIpc) is 3.29. The quantitative estimate of drug-likeness (QED) is 0.633. The largest absolute Gasteiger partial charge is 0.484 e. The van der Waals surface area contributed by atoms with E-state index >= 15 is 0 Å². The lowest BCUT2D eigenvalue weighted by atomic mass is 10.1. The first kappa shape index (κ1) is 17.8. The van der Waals surface area contributed by atoms with Gasteiger partial charge in [-0.3, -0.25) is 4.79 Å². The normalized spacial score (nSPS) is 19.3. The summed E-state index contributed by atoms with van der Waals surface area (Å²) in [6.45, 7) is 1.34. The first-order chi connectivity index (χ1) is 14.3. The Balaban J connectivity index is 1.21. The van der Waals surface area contributed by atoms with Crippen LogP contribution in [-0.2, 0) is 4.79 Å². The fraction of sp³-hybridized carbons (Fsp3) is 0.450. The molecule has 3 heterocycles. The van der Waals surface area contributed by atoms with E-state index in [9.17, 15) is 4.79 Å². The van der Waals surface area contributed by atoms with Gasteiger partial charge in [-0.2, -0.15) is 4.98 Å². The number of nitrogens with zero attached hydrogens (tertiary/aromatic N) is 6. The zero-order chi connectivity index (χ0) is 19.6. The van der Waals surface area contributed by atoms with Gasteiger partial charge in [0.15, 0.2) is 18.1 Å². The maximum Gasteiger partial charge on any atom is 0.280 e. The molecule has 150 valence electrons. The second kappa shape index (κ2) is 7.65. The zero-order valence-electron chi connectivity index (χ0n) is 16.0. The number of hydrogen-bond acceptors (Lipinski definition) is 7. The molecule has 2 aromatic heterocycles. The highest BCUT2D eigenvalue weighted by molar-refractivity contribution is 5.77. The van der Waals surface area contributed by atoms with Crippen molar-refractivity contribution in [1.29, 1.82) is 0 Å². The summed E-state index contributed by atoms with van der Waals surface area (Å²) in [5.74, 6) is 2.25. The molecule has 3 aromatic rings. The van der Waals surface area contributed by atoms with Crippen molar-refractivity contribution < 1.29 is 14.1 Å². The lowest BCUT2D eigenvalue weighted by molar-refractivity contribution is -0.135. The van der Waals surface area contributed by atoms with E-state index < -0.39 is 0 Å². The Bertz CT molecular complexity index is 981. The number of rotatable bonds is 6. The van der Waals surface area contributed by atoms with Crippen LogP contribution in [-0.4, -0.2) is 55.6 Å². The Morgan fingerprint density at radius 3 is 2.90 bits per heavy atom. The molecule has 0 radical (unpaired) electrons. The number of aromatic nitrogens is 5. The number of ether oxygens (including phenoxy) is 1. The number of hydrogen-bond donors (Lipinski definition) is 0. The molecule has 1 aliphatic carbocycles. The molecule has 0 N–H and O–H groups in total. The number of amides is 1. The average molecular weight is 394 g/mol. The van der Waals surface area contributed by atoms with Crippen LogP contribution in [0.3, 0.4) is 0 Å². The van der Waals surface area contributed by atoms with Gasteiger partial charge in [0.25, 0.3) is 11.8 Å². The van der Waals surface area contributed by atoms with Crippen molar-refractivity contribution in [2.45, 2.75) is 37.6 Å². The van der Waals surface area contributed by atoms with Crippen LogP contribution in [0.2, 0.25) is 0 Å². The molecule has 9 nitrogen and oxygen atoms in total. The van der Waals surface area contributed by atoms with Gasteiger partial charge in [0, 0.05) is 19.0 Å². The molecule has 5 rings (SSSR count). The Hall–Kier alpha value is -3.23. The van der Waals surface area contributed by atoms with Crippen molar-refractivity contribution in [2.75, 3.05) is 19.7 Å². The van der Waals surface area contributed by atoms with Crippen molar-refractivity contribution in [2.24, 2.45) is 0 Å². The molecular formula is C20H22N6O3. The maximum atomic E-state index is 12.6. The number of likely N-dealkylation sites (tertiary alicyclic amines) is 1. The van der Waals surface area contributed by atoms with Crippen molar-refractivity contribution in [3.05, 3.63) is 42.4 Å². The van der Waals surface area contributed by atoms with Gasteiger partial charge < -0.3 is 14.2 Å². The van der Waals surface area contributed by atoms with Crippen molar-refractivity contribution in [1.82, 2.24) is 30.0 Å². The Morgan fingerprint density at radius 2 is 2.07 bits per heavy atom. The zero-order valence-corrected chi connectivity index (χ0v) is 16.0. The second-order valence-corrected chi connectivity index (χ2v) is 7.55. The highest BCUT2D eigenvalue weighted by atomic mass is 16.5. The fourth-order valence-corrected chi connectivity index (χ4v) is 3.55. The third kappa shape index (κ3) is 3.98. The summed E-state index contributed by atoms with van der Waals surface area (Å²) in [5, 5.41) is 12.5. The van der Waals surface area contributed by atoms with Crippen LogP contribution in [0.4, 0.5) is 0 Å². The van der Waals surface area contributed by atoms with Gasteiger partial charge in [0.05, 0.1) is 12.2 Å². The molecule has 0 spiro atoms. The van der Waals surface area contributed by atoms with Crippen LogP contribution in [0, 0.1) is 0 Å². The summed E-state index contributed by atoms with van der Waals surface area (Å²) < 4.78 is 12.7. The van der Waals surface area contributed by atoms with E-state index in [0.29, 0.717) is 29.8 Å². The van der Waals surface area contributed by atoms with Crippen LogP contribution in [0.15, 0.2) is 41.1 Å². The summed E-state index contributed by atoms with van der Waals surface area (Å²) in [6.07, 6.45) is 5.90. The Labute approximate surface area is 167 Å². The molecule has 2 aliphatic rings. The van der Waals surface area contributed by atoms with Gasteiger partial charge in [-0.05, 0) is 37.8 Å². The molecule has 1 atom stereocenters. The number of carbonyl (C=O) groups is 1. The van der Waals surface area contributed by atoms with Gasteiger partial charge in [-0.1, -0.05) is 28.6 Å². The molecular weight excluding hydrogens is 372 g/mol. The molecule has 1 saturated heterocycles. The number of piperidine rings is 1. The van der Waals surface area contributed by atoms with Gasteiger partial charge in [-0.25, -0.2) is 4.68 Å². The standard InChI is InChI=1S/C20H22N6O3/c27-18(13-28-16-6-2-1-3-7-16)25-10-4-5-15(11-25)26-12-17(22-24-26)20-21-19(23-29-20)14-8-9-14/h1-3,6-7,12,14-15H,4-5,8-11,13H2. The van der Waals surface area contributed by atoms with Crippen molar-refractivity contribution in [3.8, 4) is 17.3 Å². The summed E-state index contributed by atoms with van der Waals surface area (Å²) >= 11 is 0. The Kier molecular flexibility index (Phi) is 4.71. The first-order valence-corrected chi connectivity index (χ1v) is 9.98. The fourth-order valence-electron chi connectivity index (χ4n) is 3.55. The summed E-state index contributed by atoms with van der Waals surface area (Å²) in [6, 6.07) is 9.44. The van der Waals surface area contributed by atoms with Crippen LogP contribution in [0.5, 0.6) is 5.75 Å². The molecule has 1 unspecified atom stereocenters. The lowest BCUT2D eigenvalue weighted by Crippen LogP contribution is -2.43. The van der Waals surface area contributed by atoms with Gasteiger partial charge in [0.2, 0.25) is 0 Å². The predicted octanol–water partition coefficient (Wildman–Crippen LogP) is 2.45. The number of para-hydroxylation sites is 1. The van der Waals surface area contributed by atoms with Crippen LogP contribution in [0.1, 0.15) is 43.5 Å². The molecule has 1 amide bonds. The molecule has 0 bridgehead atoms. The first-order valence-electron chi connectivity index (χ1n) is 9.98. The monoisotopic (exact) mass is 394 g/mol. The summed E-state index contributed by atoms with van der Waals surface area (Å²) in [4.78, 5) is 18.8. The van der Waals surface area contributed by atoms with E-state index in [-0.39, 0.29) is 18.6 Å². The van der Waals surface area contributed by atoms with Crippen LogP contribution < -0.4 is 4.74 Å². The highest BCUT2D eigenvalue weighted by Crippen LogP contribution is 2.38. The van der Waals surface area contributed by atoms with Gasteiger partial charge >= 0.3 is 0 Å². The SMILES string of the molecule is O=C(COc1ccccc1)N1CCCC(n2cc(-c3nc(C4CC4)no3)nn2)C1. The van der Waals surface area contributed by atoms with E-state index in [1.54, 1.807) is 4.68 Å². The minimum atomic E-state index is -0.0233. The number of carbonyl (C=O) groups excluding carboxylic acids is 1. The van der Waals surface area contributed by atoms with E-state index in [1.165, 1.54) is 0 Å². The molecule has 9 heteroatoms. The highest BCUT2D eigenvalue weighted by Gasteiger charge is 2.30. The summed E-state index contributed by atoms with van der Waals surface area (Å²) in [5.41, 5.74) is 0.570. The molecule has 1 saturated carbocycles. The maximum absolute atomic E-state index is 12.6. The molecule has 1 aliphatic heterocycles. The van der Waals surface area contributed by atoms with Crippen LogP contribution in [0.25, 0.3) is 11.6 Å². The minimum absolute atomic E-state index is 0.0233. The van der Waals surface area contributed by atoms with Crippen molar-refractivity contribution in [3.63, 3.8) is 0 Å². The number of benzene rings is 1. The third-order valence-corrected chi connectivity index (χ3v) is 5.34. The topological polar surface area (TPSA) is 99.2 Å². The predicted molar refractivity (Wildman–Crippen MR) is 102 cm³/mol. The van der Waals surface area contributed by atoms with E-state index in [2.05, 4.69) is 20.5 Å². The second-order valence-electron chi connectivity index (χ2n) is 7.55. The van der Waals surface area contributed by atoms with E-state index in [1.807, 2.05) is 41.4 Å². The van der Waals surface area contributed by atoms with E-state index in [4.69, 9.17) is 9.26 Å². The van der Waals surface area contributed by atoms with Gasteiger partial charge in [0.1, 0.15) is 5.75 Å². The minimum Gasteiger partial charge on any atom is -0.484 e. The Morgan fingerprint density at radius 1 is 1.21 bits per heavy atom. The summed E-state index contributed by atoms with van der Waals surface area (Å²) in [7, 11) is 0. The lowest BCUT2D eigenvalue weighted by Gasteiger charge is -2.32. The molecule has 2 fully saturated rings. The van der Waals surface area contributed by atoms with Gasteiger partial charge in [-0.15, -0.1) is 5.10 Å². The van der Waals surface area contributed by atoms with E-state index in [0.717, 1.165) is 38.1 Å². The van der Waals surface area contributed by atoms with Crippen molar-refractivity contribution >= 4 is 5.91 Å². The van der Waals surface area contributed by atoms with Crippen LogP contribution >= 0.6 is 0 Å². The molecule has 29 heavy (non-hydrogen) atoms. The smallest absolute Gasteiger partial charge is 0.280 e. The molecule has 1 aromatic carbocycles. The third-order valence-electron chi connectivity index (χ3n) is 5.34.